The molecule has 2 aromatic carbocycles. The van der Waals surface area contributed by atoms with E-state index in [-0.39, 0.29) is 11.9 Å². The Morgan fingerprint density at radius 3 is 2.44 bits per heavy atom. The molecule has 1 N–H and O–H groups in total. The molecule has 1 heterocycles. The van der Waals surface area contributed by atoms with Gasteiger partial charge in [-0.1, -0.05) is 23.7 Å². The van der Waals surface area contributed by atoms with Gasteiger partial charge in [0.25, 0.3) is 5.91 Å². The first kappa shape index (κ1) is 19.7. The molecule has 1 aromatic heterocycles. The Morgan fingerprint density at radius 1 is 1.15 bits per heavy atom. The summed E-state index contributed by atoms with van der Waals surface area (Å²) in [5.41, 5.74) is 1.52. The molecule has 0 saturated heterocycles. The van der Waals surface area contributed by atoms with Crippen LogP contribution in [0.25, 0.3) is 10.1 Å². The van der Waals surface area contributed by atoms with Crippen molar-refractivity contribution in [2.45, 2.75) is 13.0 Å². The molecule has 27 heavy (non-hydrogen) atoms. The highest BCUT2D eigenvalue weighted by Crippen LogP contribution is 2.30. The van der Waals surface area contributed by atoms with Crippen molar-refractivity contribution in [3.63, 3.8) is 0 Å². The molecule has 0 spiro atoms. The number of nitrogens with one attached hydrogen (secondary N) is 1. The number of anilines is 1. The first-order chi connectivity index (χ1) is 12.6. The van der Waals surface area contributed by atoms with Crippen LogP contribution in [0.3, 0.4) is 0 Å². The number of fused-ring (bicyclic) bond motifs is 1. The maximum Gasteiger partial charge on any atom is 0.261 e. The Morgan fingerprint density at radius 2 is 1.81 bits per heavy atom. The van der Waals surface area contributed by atoms with Crippen LogP contribution in [0.2, 0.25) is 5.02 Å². The van der Waals surface area contributed by atoms with Crippen LogP contribution >= 0.6 is 22.9 Å². The highest BCUT2D eigenvalue weighted by atomic mass is 35.5. The van der Waals surface area contributed by atoms with Gasteiger partial charge in [-0.15, -0.1) is 11.3 Å². The molecule has 0 aliphatic carbocycles. The highest BCUT2D eigenvalue weighted by molar-refractivity contribution is 7.92. The fourth-order valence-electron chi connectivity index (χ4n) is 2.63. The summed E-state index contributed by atoms with van der Waals surface area (Å²) >= 11 is 7.27. The van der Waals surface area contributed by atoms with Crippen molar-refractivity contribution in [3.8, 4) is 0 Å². The van der Waals surface area contributed by atoms with Gasteiger partial charge in [-0.05, 0) is 54.3 Å². The lowest BCUT2D eigenvalue weighted by Crippen LogP contribution is -2.25. The lowest BCUT2D eigenvalue weighted by atomic mass is 10.1. The minimum Gasteiger partial charge on any atom is -0.345 e. The largest absolute Gasteiger partial charge is 0.345 e. The van der Waals surface area contributed by atoms with Crippen molar-refractivity contribution >= 4 is 54.6 Å². The maximum absolute atomic E-state index is 12.6. The number of sulfonamides is 1. The van der Waals surface area contributed by atoms with Crippen molar-refractivity contribution in [2.24, 2.45) is 0 Å². The topological polar surface area (TPSA) is 66.5 Å². The second-order valence-corrected chi connectivity index (χ2v) is 9.84. The number of carbonyl (C=O) groups excluding carboxylic acids is 1. The summed E-state index contributed by atoms with van der Waals surface area (Å²) in [7, 11) is -1.83. The predicted molar refractivity (Wildman–Crippen MR) is 112 cm³/mol. The minimum absolute atomic E-state index is 0.160. The maximum atomic E-state index is 12.6. The van der Waals surface area contributed by atoms with Crippen molar-refractivity contribution in [1.29, 1.82) is 0 Å². The molecule has 1 unspecified atom stereocenters. The molecule has 5 nitrogen and oxygen atoms in total. The van der Waals surface area contributed by atoms with E-state index in [4.69, 9.17) is 11.6 Å². The number of thiophene rings is 1. The molecular formula is C19H19ClN2O3S2. The van der Waals surface area contributed by atoms with Crippen LogP contribution in [-0.2, 0) is 10.0 Å². The summed E-state index contributed by atoms with van der Waals surface area (Å²) in [6, 6.07) is 14.3. The van der Waals surface area contributed by atoms with E-state index in [1.54, 1.807) is 30.3 Å². The van der Waals surface area contributed by atoms with Gasteiger partial charge in [-0.2, -0.15) is 0 Å². The second kappa shape index (κ2) is 7.50. The molecule has 1 atom stereocenters. The summed E-state index contributed by atoms with van der Waals surface area (Å²) in [4.78, 5) is 13.2. The van der Waals surface area contributed by atoms with Crippen LogP contribution < -0.4 is 9.62 Å². The number of amides is 1. The van der Waals surface area contributed by atoms with Gasteiger partial charge in [0.05, 0.1) is 22.9 Å². The molecule has 0 saturated carbocycles. The van der Waals surface area contributed by atoms with Crippen molar-refractivity contribution in [1.82, 2.24) is 5.32 Å². The van der Waals surface area contributed by atoms with E-state index in [2.05, 4.69) is 5.32 Å². The summed E-state index contributed by atoms with van der Waals surface area (Å²) in [5.74, 6) is -0.170. The number of hydrogen-bond acceptors (Lipinski definition) is 4. The molecule has 3 aromatic rings. The molecule has 3 rings (SSSR count). The SMILES string of the molecule is CC(NC(=O)c1cc2cc(N(C)S(C)(=O)=O)ccc2s1)c1ccc(Cl)cc1. The zero-order chi connectivity index (χ0) is 19.8. The zero-order valence-corrected chi connectivity index (χ0v) is 17.5. The van der Waals surface area contributed by atoms with Gasteiger partial charge in [-0.25, -0.2) is 8.42 Å². The van der Waals surface area contributed by atoms with E-state index in [1.165, 1.54) is 22.7 Å². The monoisotopic (exact) mass is 422 g/mol. The Bertz CT molecular complexity index is 1090. The van der Waals surface area contributed by atoms with E-state index in [0.717, 1.165) is 21.9 Å². The van der Waals surface area contributed by atoms with Crippen molar-refractivity contribution < 1.29 is 13.2 Å². The third kappa shape index (κ3) is 4.43. The standard InChI is InChI=1S/C19H19ClN2O3S2/c1-12(13-4-6-15(20)7-5-13)21-19(23)18-11-14-10-16(8-9-17(14)26-18)22(2)27(3,24)25/h4-12H,1-3H3,(H,21,23). The summed E-state index contributed by atoms with van der Waals surface area (Å²) in [6.45, 7) is 1.91. The van der Waals surface area contributed by atoms with Crippen LogP contribution in [0.1, 0.15) is 28.2 Å². The Labute approximate surface area is 167 Å². The van der Waals surface area contributed by atoms with E-state index in [1.807, 2.05) is 25.1 Å². The number of nitrogens with zero attached hydrogens (tertiary/aromatic N) is 1. The fourth-order valence-corrected chi connectivity index (χ4v) is 4.20. The van der Waals surface area contributed by atoms with Crippen LogP contribution in [0, 0.1) is 0 Å². The molecule has 0 aliphatic rings. The van der Waals surface area contributed by atoms with Crippen molar-refractivity contribution in [2.75, 3.05) is 17.6 Å². The van der Waals surface area contributed by atoms with Gasteiger partial charge in [0, 0.05) is 16.8 Å². The Balaban J connectivity index is 1.82. The van der Waals surface area contributed by atoms with Gasteiger partial charge in [0.15, 0.2) is 0 Å². The Kier molecular flexibility index (Phi) is 5.46. The number of rotatable bonds is 5. The average Bonchev–Trinajstić information content (AvgIpc) is 3.04. The van der Waals surface area contributed by atoms with Gasteiger partial charge in [-0.3, -0.25) is 9.10 Å². The zero-order valence-electron chi connectivity index (χ0n) is 15.1. The summed E-state index contributed by atoms with van der Waals surface area (Å²) < 4.78 is 25.6. The third-order valence-corrected chi connectivity index (χ3v) is 6.87. The highest BCUT2D eigenvalue weighted by Gasteiger charge is 2.16. The summed E-state index contributed by atoms with van der Waals surface area (Å²) in [6.07, 6.45) is 1.15. The van der Waals surface area contributed by atoms with E-state index < -0.39 is 10.0 Å². The molecule has 0 radical (unpaired) electrons. The second-order valence-electron chi connectivity index (χ2n) is 6.31. The van der Waals surface area contributed by atoms with Crippen LogP contribution in [0.5, 0.6) is 0 Å². The first-order valence-electron chi connectivity index (χ1n) is 8.19. The normalized spacial score (nSPS) is 12.7. The molecule has 8 heteroatoms. The van der Waals surface area contributed by atoms with E-state index in [9.17, 15) is 13.2 Å². The average molecular weight is 423 g/mol. The lowest BCUT2D eigenvalue weighted by Gasteiger charge is -2.16. The molecule has 1 amide bonds. The van der Waals surface area contributed by atoms with Gasteiger partial charge < -0.3 is 5.32 Å². The lowest BCUT2D eigenvalue weighted by molar-refractivity contribution is 0.0944. The van der Waals surface area contributed by atoms with Gasteiger partial charge in [0.1, 0.15) is 0 Å². The van der Waals surface area contributed by atoms with E-state index in [0.29, 0.717) is 15.6 Å². The molecule has 0 fully saturated rings. The van der Waals surface area contributed by atoms with Crippen LogP contribution in [0.15, 0.2) is 48.5 Å². The fraction of sp³-hybridized carbons (Fsp3) is 0.211. The Hall–Kier alpha value is -2.09. The molecule has 0 aliphatic heterocycles. The number of carbonyl (C=O) groups is 1. The first-order valence-corrected chi connectivity index (χ1v) is 11.2. The predicted octanol–water partition coefficient (Wildman–Crippen LogP) is 4.44. The number of halogens is 1. The molecule has 142 valence electrons. The van der Waals surface area contributed by atoms with Crippen LogP contribution in [-0.4, -0.2) is 27.6 Å². The van der Waals surface area contributed by atoms with Gasteiger partial charge >= 0.3 is 0 Å². The third-order valence-electron chi connectivity index (χ3n) is 4.30. The van der Waals surface area contributed by atoms with Crippen LogP contribution in [0.4, 0.5) is 5.69 Å². The quantitative estimate of drug-likeness (QED) is 0.660. The van der Waals surface area contributed by atoms with Gasteiger partial charge in [0.2, 0.25) is 10.0 Å². The molecular weight excluding hydrogens is 404 g/mol. The van der Waals surface area contributed by atoms with E-state index >= 15 is 0 Å². The molecule has 0 bridgehead atoms. The van der Waals surface area contributed by atoms with Crippen molar-refractivity contribution in [3.05, 3.63) is 64.0 Å². The summed E-state index contributed by atoms with van der Waals surface area (Å²) in [5, 5.41) is 4.46. The smallest absolute Gasteiger partial charge is 0.261 e. The minimum atomic E-state index is -3.34. The number of hydrogen-bond donors (Lipinski definition) is 1. The number of benzene rings is 2.